The molecule has 3 aromatic heterocycles. The molecule has 10 nitrogen and oxygen atoms in total. The number of methoxy groups -OCH3 is 1. The summed E-state index contributed by atoms with van der Waals surface area (Å²) in [5.41, 5.74) is -0.267. The molecule has 3 heterocycles. The number of rotatable bonds is 8. The van der Waals surface area contributed by atoms with E-state index < -0.39 is 17.2 Å². The van der Waals surface area contributed by atoms with Gasteiger partial charge in [-0.05, 0) is 42.8 Å². The van der Waals surface area contributed by atoms with Gasteiger partial charge in [0.25, 0.3) is 11.5 Å². The second kappa shape index (κ2) is 10.0. The van der Waals surface area contributed by atoms with E-state index in [1.54, 1.807) is 14.0 Å². The summed E-state index contributed by atoms with van der Waals surface area (Å²) in [6, 6.07) is 11.7. The maximum absolute atomic E-state index is 13.1. The van der Waals surface area contributed by atoms with Crippen LogP contribution in [0.1, 0.15) is 38.5 Å². The van der Waals surface area contributed by atoms with Crippen LogP contribution in [0, 0.1) is 0 Å². The molecule has 4 rings (SSSR count). The fraction of sp³-hybridized carbons (Fsp3) is 0.250. The van der Waals surface area contributed by atoms with Gasteiger partial charge in [0.15, 0.2) is 0 Å². The molecule has 4 aromatic rings. The van der Waals surface area contributed by atoms with Gasteiger partial charge in [-0.3, -0.25) is 18.7 Å². The molecular formula is C24H23N3O7S. The Labute approximate surface area is 203 Å². The first-order valence-corrected chi connectivity index (χ1v) is 11.5. The highest BCUT2D eigenvalue weighted by Crippen LogP contribution is 2.22. The number of furan rings is 1. The molecule has 11 heteroatoms. The predicted molar refractivity (Wildman–Crippen MR) is 129 cm³/mol. The van der Waals surface area contributed by atoms with E-state index in [0.29, 0.717) is 15.5 Å². The monoisotopic (exact) mass is 497 g/mol. The summed E-state index contributed by atoms with van der Waals surface area (Å²) in [6.07, 6.45) is 0. The van der Waals surface area contributed by atoms with Crippen molar-refractivity contribution < 1.29 is 23.5 Å². The normalized spacial score (nSPS) is 10.9. The molecule has 1 amide bonds. The van der Waals surface area contributed by atoms with Gasteiger partial charge in [-0.1, -0.05) is 12.1 Å². The second-order valence-corrected chi connectivity index (χ2v) is 8.61. The number of carbonyl (C=O) groups excluding carboxylic acids is 2. The Hall–Kier alpha value is -4.12. The van der Waals surface area contributed by atoms with E-state index in [4.69, 9.17) is 13.9 Å². The average Bonchev–Trinajstić information content (AvgIpc) is 3.52. The number of thiophene rings is 1. The van der Waals surface area contributed by atoms with Gasteiger partial charge >= 0.3 is 11.7 Å². The van der Waals surface area contributed by atoms with Gasteiger partial charge in [0.1, 0.15) is 16.3 Å². The second-order valence-electron chi connectivity index (χ2n) is 7.58. The molecule has 0 bridgehead atoms. The van der Waals surface area contributed by atoms with Crippen LogP contribution in [-0.4, -0.2) is 34.7 Å². The first-order chi connectivity index (χ1) is 16.8. The Morgan fingerprint density at radius 2 is 1.94 bits per heavy atom. The first-order valence-electron chi connectivity index (χ1n) is 10.7. The minimum atomic E-state index is -0.628. The van der Waals surface area contributed by atoms with E-state index in [1.807, 2.05) is 24.3 Å². The van der Waals surface area contributed by atoms with Crippen molar-refractivity contribution in [3.05, 3.63) is 85.3 Å². The van der Waals surface area contributed by atoms with Gasteiger partial charge in [0, 0.05) is 13.6 Å². The van der Waals surface area contributed by atoms with E-state index in [-0.39, 0.29) is 42.5 Å². The molecule has 0 spiro atoms. The highest BCUT2D eigenvalue weighted by Gasteiger charge is 2.19. The number of fused-ring (bicyclic) bond motifs is 1. The number of esters is 1. The fourth-order valence-corrected chi connectivity index (χ4v) is 4.54. The smallest absolute Gasteiger partial charge is 0.374 e. The van der Waals surface area contributed by atoms with E-state index in [9.17, 15) is 19.2 Å². The lowest BCUT2D eigenvalue weighted by Crippen LogP contribution is -2.38. The Morgan fingerprint density at radius 1 is 1.14 bits per heavy atom. The third kappa shape index (κ3) is 4.90. The lowest BCUT2D eigenvalue weighted by atomic mass is 10.2. The minimum Gasteiger partial charge on any atom is -0.497 e. The zero-order valence-electron chi connectivity index (χ0n) is 19.3. The van der Waals surface area contributed by atoms with Crippen LogP contribution < -0.4 is 21.3 Å². The topological polar surface area (TPSA) is 122 Å². The summed E-state index contributed by atoms with van der Waals surface area (Å²) in [7, 11) is 3.10. The third-order valence-corrected chi connectivity index (χ3v) is 6.48. The van der Waals surface area contributed by atoms with Gasteiger partial charge in [-0.2, -0.15) is 0 Å². The SMILES string of the molecule is CCOC(=O)c1ccc(Cn2c(=O)c3cc(C(=O)NCc4cccc(OC)c4)sc3n(C)c2=O)o1. The van der Waals surface area contributed by atoms with Gasteiger partial charge < -0.3 is 19.2 Å². The van der Waals surface area contributed by atoms with E-state index in [2.05, 4.69) is 5.32 Å². The summed E-state index contributed by atoms with van der Waals surface area (Å²) in [5, 5.41) is 3.06. The molecule has 35 heavy (non-hydrogen) atoms. The lowest BCUT2D eigenvalue weighted by molar-refractivity contribution is 0.0487. The van der Waals surface area contributed by atoms with Crippen molar-refractivity contribution in [3.63, 3.8) is 0 Å². The van der Waals surface area contributed by atoms with Crippen LogP contribution in [0.25, 0.3) is 10.2 Å². The van der Waals surface area contributed by atoms with Crippen LogP contribution >= 0.6 is 11.3 Å². The third-order valence-electron chi connectivity index (χ3n) is 5.27. The predicted octanol–water partition coefficient (Wildman–Crippen LogP) is 2.52. The highest BCUT2D eigenvalue weighted by molar-refractivity contribution is 7.20. The van der Waals surface area contributed by atoms with Gasteiger partial charge in [-0.25, -0.2) is 9.59 Å². The number of carbonyl (C=O) groups is 2. The number of hydrogen-bond donors (Lipinski definition) is 1. The maximum atomic E-state index is 13.1. The van der Waals surface area contributed by atoms with Crippen molar-refractivity contribution in [2.24, 2.45) is 7.05 Å². The van der Waals surface area contributed by atoms with Crippen molar-refractivity contribution in [2.75, 3.05) is 13.7 Å². The molecule has 0 radical (unpaired) electrons. The van der Waals surface area contributed by atoms with Crippen LogP contribution in [0.4, 0.5) is 0 Å². The van der Waals surface area contributed by atoms with Gasteiger partial charge in [-0.15, -0.1) is 11.3 Å². The molecule has 0 aliphatic rings. The van der Waals surface area contributed by atoms with Crippen LogP contribution in [-0.2, 0) is 24.9 Å². The zero-order chi connectivity index (χ0) is 25.1. The van der Waals surface area contributed by atoms with Gasteiger partial charge in [0.2, 0.25) is 5.76 Å². The fourth-order valence-electron chi connectivity index (χ4n) is 3.52. The quantitative estimate of drug-likeness (QED) is 0.371. The average molecular weight is 498 g/mol. The number of hydrogen-bond acceptors (Lipinski definition) is 8. The summed E-state index contributed by atoms with van der Waals surface area (Å²) >= 11 is 1.06. The van der Waals surface area contributed by atoms with Gasteiger partial charge in [0.05, 0.1) is 30.5 Å². The molecule has 0 saturated carbocycles. The summed E-state index contributed by atoms with van der Waals surface area (Å²) in [4.78, 5) is 51.3. The Morgan fingerprint density at radius 3 is 2.69 bits per heavy atom. The Balaban J connectivity index is 1.59. The first kappa shape index (κ1) is 24.0. The number of aryl methyl sites for hydroxylation is 1. The lowest BCUT2D eigenvalue weighted by Gasteiger charge is -2.06. The van der Waals surface area contributed by atoms with Crippen molar-refractivity contribution in [3.8, 4) is 5.75 Å². The largest absolute Gasteiger partial charge is 0.497 e. The highest BCUT2D eigenvalue weighted by atomic mass is 32.1. The zero-order valence-corrected chi connectivity index (χ0v) is 20.1. The van der Waals surface area contributed by atoms with Crippen molar-refractivity contribution >= 4 is 33.4 Å². The molecule has 0 aliphatic heterocycles. The molecule has 0 fully saturated rings. The molecule has 1 aromatic carbocycles. The number of ether oxygens (including phenoxy) is 2. The standard InChI is InChI=1S/C24H23N3O7S/c1-4-33-23(30)18-9-8-16(34-18)13-27-21(29)17-11-19(35-22(17)26(2)24(27)31)20(28)25-12-14-6-5-7-15(10-14)32-3/h5-11H,4,12-13H2,1-3H3,(H,25,28). The Kier molecular flexibility index (Phi) is 6.87. The number of nitrogens with one attached hydrogen (secondary N) is 1. The molecular weight excluding hydrogens is 474 g/mol. The number of amides is 1. The van der Waals surface area contributed by atoms with Crippen molar-refractivity contribution in [1.82, 2.24) is 14.5 Å². The Bertz CT molecular complexity index is 1530. The van der Waals surface area contributed by atoms with Crippen molar-refractivity contribution in [1.29, 1.82) is 0 Å². The van der Waals surface area contributed by atoms with E-state index in [0.717, 1.165) is 21.5 Å². The number of nitrogens with zero attached hydrogens (tertiary/aromatic N) is 2. The molecule has 0 unspecified atom stereocenters. The van der Waals surface area contributed by atoms with Crippen LogP contribution in [0.15, 0.2) is 56.5 Å². The number of aromatic nitrogens is 2. The van der Waals surface area contributed by atoms with E-state index in [1.165, 1.54) is 29.8 Å². The van der Waals surface area contributed by atoms with E-state index >= 15 is 0 Å². The minimum absolute atomic E-state index is 0.0154. The maximum Gasteiger partial charge on any atom is 0.374 e. The van der Waals surface area contributed by atoms with Crippen LogP contribution in [0.5, 0.6) is 5.75 Å². The van der Waals surface area contributed by atoms with Crippen LogP contribution in [0.3, 0.4) is 0 Å². The molecule has 0 aliphatic carbocycles. The van der Waals surface area contributed by atoms with Crippen molar-refractivity contribution in [2.45, 2.75) is 20.0 Å². The molecule has 182 valence electrons. The molecule has 1 N–H and O–H groups in total. The summed E-state index contributed by atoms with van der Waals surface area (Å²) in [5.74, 6) is -0.0778. The molecule has 0 atom stereocenters. The summed E-state index contributed by atoms with van der Waals surface area (Å²) < 4.78 is 17.8. The van der Waals surface area contributed by atoms with Crippen LogP contribution in [0.2, 0.25) is 0 Å². The molecule has 0 saturated heterocycles. The summed E-state index contributed by atoms with van der Waals surface area (Å²) in [6.45, 7) is 1.97. The number of benzene rings is 1.